The first-order chi connectivity index (χ1) is 29.8. The zero-order valence-corrected chi connectivity index (χ0v) is 35.6. The maximum absolute atomic E-state index is 13.5. The van der Waals surface area contributed by atoms with E-state index in [1.54, 1.807) is 17.0 Å². The fourth-order valence-corrected chi connectivity index (χ4v) is 10.2. The van der Waals surface area contributed by atoms with Crippen molar-refractivity contribution in [3.05, 3.63) is 107 Å². The SMILES string of the molecule is C=CCn1c(=O)c2cnc(Nc3ccc(N4CCC(CN(CC)C5CCN(c6ccc(C7CCC(=O)NC7=O)cc6)CC5)CC4)cc3)nc2n1-c1ccc2c(n1)C(CC)CC2. The van der Waals surface area contributed by atoms with Gasteiger partial charge in [0, 0.05) is 80.1 Å². The third-order valence-electron chi connectivity index (χ3n) is 13.7. The predicted molar refractivity (Wildman–Crippen MR) is 241 cm³/mol. The van der Waals surface area contributed by atoms with Crippen molar-refractivity contribution in [2.45, 2.75) is 96.1 Å². The minimum atomic E-state index is -0.242. The number of nitrogens with zero attached hydrogens (tertiary/aromatic N) is 8. The number of allylic oxidation sites excluding steroid dienone is 1. The van der Waals surface area contributed by atoms with Gasteiger partial charge in [-0.1, -0.05) is 38.1 Å². The Hall–Kier alpha value is -5.82. The Morgan fingerprint density at radius 2 is 1.54 bits per heavy atom. The molecule has 318 valence electrons. The highest BCUT2D eigenvalue weighted by Crippen LogP contribution is 2.35. The maximum atomic E-state index is 13.5. The minimum absolute atomic E-state index is 0.166. The third kappa shape index (κ3) is 8.32. The Morgan fingerprint density at radius 1 is 0.836 bits per heavy atom. The maximum Gasteiger partial charge on any atom is 0.278 e. The lowest BCUT2D eigenvalue weighted by Crippen LogP contribution is -2.47. The molecule has 13 nitrogen and oxygen atoms in total. The Labute approximate surface area is 357 Å². The van der Waals surface area contributed by atoms with Crippen LogP contribution in [0.2, 0.25) is 0 Å². The van der Waals surface area contributed by atoms with E-state index in [4.69, 9.17) is 9.97 Å². The molecule has 9 rings (SSSR count). The van der Waals surface area contributed by atoms with Crippen LogP contribution in [0.1, 0.15) is 93.9 Å². The Kier molecular flexibility index (Phi) is 11.7. The number of aromatic nitrogens is 5. The third-order valence-corrected chi connectivity index (χ3v) is 13.7. The molecule has 3 saturated heterocycles. The number of hydrogen-bond donors (Lipinski definition) is 2. The molecule has 0 spiro atoms. The molecule has 2 amide bonds. The van der Waals surface area contributed by atoms with Crippen LogP contribution in [0.5, 0.6) is 0 Å². The number of pyridine rings is 1. The summed E-state index contributed by atoms with van der Waals surface area (Å²) in [5, 5.41) is 6.31. The number of amides is 2. The molecule has 3 fully saturated rings. The molecule has 2 N–H and O–H groups in total. The minimum Gasteiger partial charge on any atom is -0.372 e. The summed E-state index contributed by atoms with van der Waals surface area (Å²) in [4.78, 5) is 59.7. The topological polar surface area (TPSA) is 134 Å². The van der Waals surface area contributed by atoms with Gasteiger partial charge in [-0.15, -0.1) is 6.58 Å². The second-order valence-electron chi connectivity index (χ2n) is 17.3. The summed E-state index contributed by atoms with van der Waals surface area (Å²) in [6.07, 6.45) is 12.1. The fraction of sp³-hybridized carbons (Fsp3) is 0.458. The van der Waals surface area contributed by atoms with Crippen molar-refractivity contribution in [1.29, 1.82) is 0 Å². The number of fused-ring (bicyclic) bond motifs is 2. The lowest BCUT2D eigenvalue weighted by Gasteiger charge is -2.42. The molecular formula is C48H58N10O3. The Balaban J connectivity index is 0.786. The van der Waals surface area contributed by atoms with E-state index in [1.165, 1.54) is 29.8 Å². The van der Waals surface area contributed by atoms with Crippen LogP contribution in [0.3, 0.4) is 0 Å². The first kappa shape index (κ1) is 40.6. The zero-order valence-electron chi connectivity index (χ0n) is 35.6. The van der Waals surface area contributed by atoms with Crippen molar-refractivity contribution >= 4 is 45.9 Å². The summed E-state index contributed by atoms with van der Waals surface area (Å²) in [6.45, 7) is 15.1. The fourth-order valence-electron chi connectivity index (χ4n) is 10.2. The number of imide groups is 1. The van der Waals surface area contributed by atoms with Crippen molar-refractivity contribution in [2.24, 2.45) is 5.92 Å². The summed E-state index contributed by atoms with van der Waals surface area (Å²) < 4.78 is 3.46. The number of benzene rings is 2. The van der Waals surface area contributed by atoms with Crippen LogP contribution < -0.4 is 26.0 Å². The molecule has 4 aliphatic rings. The van der Waals surface area contributed by atoms with E-state index in [9.17, 15) is 14.4 Å². The van der Waals surface area contributed by atoms with Gasteiger partial charge in [-0.2, -0.15) is 4.98 Å². The lowest BCUT2D eigenvalue weighted by molar-refractivity contribution is -0.134. The summed E-state index contributed by atoms with van der Waals surface area (Å²) in [6, 6.07) is 21.6. The van der Waals surface area contributed by atoms with Gasteiger partial charge in [0.2, 0.25) is 17.8 Å². The standard InChI is InChI=1S/C48H58N10O3/c1-4-25-57-47(61)41-30-49-48(53-45(41)58(57)42-19-11-35-8-7-33(5-2)44(35)51-42)50-36-12-16-38(17-13-36)55-26-21-32(22-27-55)31-54(6-3)39-23-28-56(29-24-39)37-14-9-34(10-15-37)40-18-20-43(59)52-46(40)60/h4,9-17,19,30,32-33,39-40H,1,5-8,18,20-29,31H2,2-3H3,(H,49,50,53)(H,52,59,60). The first-order valence-electron chi connectivity index (χ1n) is 22.4. The van der Waals surface area contributed by atoms with Gasteiger partial charge in [-0.3, -0.25) is 19.7 Å². The molecule has 2 atom stereocenters. The summed E-state index contributed by atoms with van der Waals surface area (Å²) in [5.74, 6) is 1.62. The number of rotatable bonds is 13. The van der Waals surface area contributed by atoms with Crippen molar-refractivity contribution in [3.63, 3.8) is 0 Å². The Morgan fingerprint density at radius 3 is 2.21 bits per heavy atom. The van der Waals surface area contributed by atoms with Gasteiger partial charge >= 0.3 is 0 Å². The molecular weight excluding hydrogens is 765 g/mol. The van der Waals surface area contributed by atoms with Crippen molar-refractivity contribution in [1.82, 2.24) is 34.5 Å². The van der Waals surface area contributed by atoms with Crippen LogP contribution in [0.4, 0.5) is 23.0 Å². The van der Waals surface area contributed by atoms with Crippen molar-refractivity contribution in [2.75, 3.05) is 54.4 Å². The second-order valence-corrected chi connectivity index (χ2v) is 17.3. The lowest BCUT2D eigenvalue weighted by atomic mass is 9.90. The first-order valence-corrected chi connectivity index (χ1v) is 22.4. The number of piperidine rings is 3. The summed E-state index contributed by atoms with van der Waals surface area (Å²) in [5.41, 5.74) is 7.06. The summed E-state index contributed by atoms with van der Waals surface area (Å²) in [7, 11) is 0. The van der Waals surface area contributed by atoms with Gasteiger partial charge in [-0.25, -0.2) is 19.3 Å². The number of carbonyl (C=O) groups is 2. The zero-order chi connectivity index (χ0) is 42.0. The molecule has 5 aromatic rings. The molecule has 0 saturated carbocycles. The monoisotopic (exact) mass is 822 g/mol. The van der Waals surface area contributed by atoms with Crippen LogP contribution in [-0.4, -0.2) is 86.3 Å². The van der Waals surface area contributed by atoms with E-state index < -0.39 is 0 Å². The van der Waals surface area contributed by atoms with Gasteiger partial charge in [0.05, 0.1) is 12.5 Å². The van der Waals surface area contributed by atoms with E-state index in [2.05, 4.69) is 105 Å². The highest BCUT2D eigenvalue weighted by atomic mass is 16.2. The number of nitrogens with one attached hydrogen (secondary N) is 2. The highest BCUT2D eigenvalue weighted by Gasteiger charge is 2.30. The quantitative estimate of drug-likeness (QED) is 0.0939. The number of aryl methyl sites for hydroxylation is 1. The van der Waals surface area contributed by atoms with Crippen LogP contribution >= 0.6 is 0 Å². The van der Waals surface area contributed by atoms with Gasteiger partial charge in [0.25, 0.3) is 5.56 Å². The molecule has 61 heavy (non-hydrogen) atoms. The van der Waals surface area contributed by atoms with E-state index >= 15 is 0 Å². The van der Waals surface area contributed by atoms with E-state index in [-0.39, 0.29) is 23.3 Å². The van der Waals surface area contributed by atoms with Crippen molar-refractivity contribution < 1.29 is 9.59 Å². The number of carbonyl (C=O) groups excluding carboxylic acids is 2. The van der Waals surface area contributed by atoms with E-state index in [0.29, 0.717) is 60.1 Å². The second kappa shape index (κ2) is 17.6. The largest absolute Gasteiger partial charge is 0.372 e. The van der Waals surface area contributed by atoms with E-state index in [0.717, 1.165) is 88.3 Å². The van der Waals surface area contributed by atoms with Gasteiger partial charge in [-0.05, 0) is 117 Å². The molecule has 2 unspecified atom stereocenters. The van der Waals surface area contributed by atoms with Crippen molar-refractivity contribution in [3.8, 4) is 5.82 Å². The van der Waals surface area contributed by atoms with Gasteiger partial charge in [0.15, 0.2) is 11.5 Å². The van der Waals surface area contributed by atoms with Crippen LogP contribution in [0, 0.1) is 5.92 Å². The average molecular weight is 823 g/mol. The van der Waals surface area contributed by atoms with Gasteiger partial charge < -0.3 is 20.0 Å². The molecule has 0 bridgehead atoms. The van der Waals surface area contributed by atoms with Crippen LogP contribution in [0.25, 0.3) is 16.9 Å². The molecule has 3 aliphatic heterocycles. The Bertz CT molecular complexity index is 2440. The molecule has 2 aromatic carbocycles. The normalized spacial score (nSPS) is 20.0. The highest BCUT2D eigenvalue weighted by molar-refractivity contribution is 6.01. The number of anilines is 4. The van der Waals surface area contributed by atoms with Gasteiger partial charge in [0.1, 0.15) is 5.39 Å². The predicted octanol–water partition coefficient (Wildman–Crippen LogP) is 7.07. The average Bonchev–Trinajstić information content (AvgIpc) is 3.83. The molecule has 1 aliphatic carbocycles. The number of hydrogen-bond acceptors (Lipinski definition) is 10. The molecule has 6 heterocycles. The van der Waals surface area contributed by atoms with Crippen LogP contribution in [0.15, 0.2) is 84.3 Å². The summed E-state index contributed by atoms with van der Waals surface area (Å²) >= 11 is 0. The molecule has 3 aromatic heterocycles. The molecule has 0 radical (unpaired) electrons. The van der Waals surface area contributed by atoms with E-state index in [1.807, 2.05) is 10.7 Å². The molecule has 13 heteroatoms. The van der Waals surface area contributed by atoms with Crippen LogP contribution in [-0.2, 0) is 22.6 Å². The smallest absolute Gasteiger partial charge is 0.278 e.